The van der Waals surface area contributed by atoms with Crippen molar-refractivity contribution in [3.63, 3.8) is 0 Å². The van der Waals surface area contributed by atoms with Gasteiger partial charge in [-0.1, -0.05) is 97.8 Å². The quantitative estimate of drug-likeness (QED) is 0.0856. The Morgan fingerprint density at radius 3 is 1.56 bits per heavy atom. The van der Waals surface area contributed by atoms with Crippen molar-refractivity contribution in [2.45, 2.75) is 79.3 Å². The molecule has 0 aliphatic carbocycles. The van der Waals surface area contributed by atoms with Crippen molar-refractivity contribution in [3.05, 3.63) is 111 Å². The molecule has 2 amide bonds. The summed E-state index contributed by atoms with van der Waals surface area (Å²) in [6.07, 6.45) is 2.84. The van der Waals surface area contributed by atoms with E-state index in [1.807, 2.05) is 29.2 Å². The molecule has 2 aromatic carbocycles. The number of primary amides is 2. The molecular formula is C44H56B5Cl2I2N4O4S2. The Bertz CT molecular complexity index is 2080. The molecule has 0 fully saturated rings. The van der Waals surface area contributed by atoms with Crippen LogP contribution in [0.25, 0.3) is 0 Å². The number of ketones is 2. The Morgan fingerprint density at radius 1 is 0.746 bits per heavy atom. The smallest absolute Gasteiger partial charge is 0.250 e. The van der Waals surface area contributed by atoms with Gasteiger partial charge in [-0.3, -0.25) is 24.1 Å². The molecule has 0 saturated heterocycles. The van der Waals surface area contributed by atoms with Crippen LogP contribution in [0.15, 0.2) is 48.5 Å². The van der Waals surface area contributed by atoms with Gasteiger partial charge in [0.2, 0.25) is 11.8 Å². The molecule has 4 heterocycles. The van der Waals surface area contributed by atoms with Crippen LogP contribution in [0.2, 0.25) is 10.0 Å². The number of hydrogen-bond acceptors (Lipinski definition) is 7. The molecular weight excluding hydrogens is 1090 g/mol. The van der Waals surface area contributed by atoms with Gasteiger partial charge in [0, 0.05) is 120 Å². The summed E-state index contributed by atoms with van der Waals surface area (Å²) in [5, 5.41) is 1.31. The fourth-order valence-electron chi connectivity index (χ4n) is 7.96. The van der Waals surface area contributed by atoms with Crippen LogP contribution in [0, 0.1) is 11.8 Å². The molecule has 1 unspecified atom stereocenters. The summed E-state index contributed by atoms with van der Waals surface area (Å²) in [5.41, 5.74) is 16.6. The minimum absolute atomic E-state index is 0. The largest absolute Gasteiger partial charge is 1.00 e. The van der Waals surface area contributed by atoms with Gasteiger partial charge in [-0.25, -0.2) is 0 Å². The topological polar surface area (TPSA) is 124 Å². The first-order valence-corrected chi connectivity index (χ1v) is 24.9. The van der Waals surface area contributed by atoms with Crippen LogP contribution in [0.3, 0.4) is 0 Å². The predicted octanol–water partition coefficient (Wildman–Crippen LogP) is 4.03. The van der Waals surface area contributed by atoms with Gasteiger partial charge >= 0.3 is 0 Å². The summed E-state index contributed by atoms with van der Waals surface area (Å²) in [6, 6.07) is 14.6. The third kappa shape index (κ3) is 19.3. The fraction of sp³-hybridized carbons (Fsp3) is 0.455. The zero-order valence-corrected chi connectivity index (χ0v) is 44.6. The van der Waals surface area contributed by atoms with Crippen molar-refractivity contribution in [3.8, 4) is 0 Å². The maximum absolute atomic E-state index is 12.6. The third-order valence-corrected chi connectivity index (χ3v) is 13.0. The van der Waals surface area contributed by atoms with E-state index in [0.717, 1.165) is 95.7 Å². The van der Waals surface area contributed by atoms with E-state index < -0.39 is 11.8 Å². The first kappa shape index (κ1) is 59.4. The second kappa shape index (κ2) is 29.9. The number of benzene rings is 2. The van der Waals surface area contributed by atoms with Crippen molar-refractivity contribution >= 4 is 130 Å². The number of nitrogens with two attached hydrogens (primary N) is 2. The lowest BCUT2D eigenvalue weighted by atomic mass is 9.40. The Balaban J connectivity index is 0.000000545. The van der Waals surface area contributed by atoms with Crippen LogP contribution in [0.4, 0.5) is 0 Å². The number of hydrogen-bond donors (Lipinski definition) is 2. The van der Waals surface area contributed by atoms with Crippen molar-refractivity contribution in [2.75, 3.05) is 38.2 Å². The summed E-state index contributed by atoms with van der Waals surface area (Å²) in [7, 11) is 20.3. The molecule has 2 aromatic heterocycles. The van der Waals surface area contributed by atoms with Gasteiger partial charge in [0.15, 0.2) is 0 Å². The number of likely N-dealkylation sites (N-methyl/N-ethyl adjacent to an activating group) is 1. The van der Waals surface area contributed by atoms with Crippen molar-refractivity contribution in [1.82, 2.24) is 4.90 Å². The average molecular weight is 1150 g/mol. The molecule has 9 radical (unpaired) electrons. The second-order valence-corrected chi connectivity index (χ2v) is 19.5. The first-order valence-electron chi connectivity index (χ1n) is 20.3. The summed E-state index contributed by atoms with van der Waals surface area (Å²) in [6.45, 7) is 14.7. The van der Waals surface area contributed by atoms with Crippen molar-refractivity contribution in [1.29, 1.82) is 0 Å². The number of nitrogens with zero attached hydrogens (tertiary/aromatic N) is 2. The van der Waals surface area contributed by atoms with Crippen LogP contribution in [-0.2, 0) is 61.2 Å². The number of alkyl halides is 1. The fourth-order valence-corrected chi connectivity index (χ4v) is 11.2. The summed E-state index contributed by atoms with van der Waals surface area (Å²) in [4.78, 5) is 57.9. The molecule has 0 saturated carbocycles. The van der Waals surface area contributed by atoms with E-state index in [9.17, 15) is 19.2 Å². The molecule has 2 aliphatic rings. The number of carbonyl (C=O) groups excluding carboxylic acids is 4. The minimum Gasteiger partial charge on any atom is -1.00 e. The van der Waals surface area contributed by atoms with Gasteiger partial charge in [0.05, 0.1) is 36.1 Å². The lowest BCUT2D eigenvalue weighted by molar-refractivity contribution is -0.926. The molecule has 4 N–H and O–H groups in total. The van der Waals surface area contributed by atoms with E-state index in [4.69, 9.17) is 34.7 Å². The predicted molar refractivity (Wildman–Crippen MR) is 274 cm³/mol. The summed E-state index contributed by atoms with van der Waals surface area (Å²) in [5.74, 6) is 0.552. The molecule has 8 nitrogen and oxygen atoms in total. The van der Waals surface area contributed by atoms with Crippen LogP contribution in [0.1, 0.15) is 90.2 Å². The Hall–Kier alpha value is -1.60. The normalized spacial score (nSPS) is 14.9. The van der Waals surface area contributed by atoms with Crippen LogP contribution < -0.4 is 35.4 Å². The van der Waals surface area contributed by atoms with Gasteiger partial charge in [-0.2, -0.15) is 0 Å². The van der Waals surface area contributed by atoms with E-state index in [2.05, 4.69) is 93.2 Å². The minimum atomic E-state index is -0.417. The van der Waals surface area contributed by atoms with E-state index in [1.54, 1.807) is 46.9 Å². The zero-order valence-electron chi connectivity index (χ0n) is 37.2. The van der Waals surface area contributed by atoms with Crippen molar-refractivity contribution in [2.24, 2.45) is 23.3 Å². The lowest BCUT2D eigenvalue weighted by Gasteiger charge is -2.39. The van der Waals surface area contributed by atoms with Gasteiger partial charge in [0.25, 0.3) is 0 Å². The molecule has 6 rings (SSSR count). The van der Waals surface area contributed by atoms with E-state index >= 15 is 0 Å². The summed E-state index contributed by atoms with van der Waals surface area (Å²) < 4.78 is 0.974. The molecule has 0 spiro atoms. The Kier molecular flexibility index (Phi) is 28.2. The molecule has 331 valence electrons. The first-order chi connectivity index (χ1) is 29.4. The molecule has 19 heteroatoms. The second-order valence-electron chi connectivity index (χ2n) is 16.3. The van der Waals surface area contributed by atoms with Gasteiger partial charge in [-0.15, -0.1) is 22.7 Å². The lowest BCUT2D eigenvalue weighted by Crippen LogP contribution is -3.00. The highest BCUT2D eigenvalue weighted by molar-refractivity contribution is 14.1. The van der Waals surface area contributed by atoms with Crippen molar-refractivity contribution < 1.29 is 47.6 Å². The number of carbonyl (C=O) groups is 4. The van der Waals surface area contributed by atoms with Gasteiger partial charge < -0.3 is 39.9 Å². The van der Waals surface area contributed by atoms with Gasteiger partial charge in [-0.05, 0) is 63.8 Å². The van der Waals surface area contributed by atoms with E-state index in [-0.39, 0.29) is 48.4 Å². The third-order valence-electron chi connectivity index (χ3n) is 10.1. The molecule has 1 atom stereocenters. The highest BCUT2D eigenvalue weighted by Crippen LogP contribution is 2.37. The number of Topliss-reactive ketones (excluding diaryl/α,β-unsaturated/α-hetero) is 2. The van der Waals surface area contributed by atoms with Crippen LogP contribution >= 0.6 is 68.5 Å². The average Bonchev–Trinajstić information content (AvgIpc) is 3.74. The number of fused-ring (bicyclic) bond motifs is 2. The monoisotopic (exact) mass is 1150 g/mol. The zero-order chi connectivity index (χ0) is 46.7. The number of quaternary nitrogens is 1. The SMILES string of the molecule is CC(C)CN1CCc2c(sc(CC(=O)Cc3ccc(Cl)cc3)c2C(N)=O)C1.CC(C)C[N+]1(C)CCc2c(sc(CC(=O)Cc3ccc(Cl)cc3)c2C(N)=O)C1.CI.[B][B].[B][B][B].[I-]. The summed E-state index contributed by atoms with van der Waals surface area (Å²) >= 11 is 17.1. The van der Waals surface area contributed by atoms with E-state index in [1.165, 1.54) is 9.75 Å². The number of rotatable bonds is 14. The maximum Gasteiger partial charge on any atom is 0.250 e. The molecule has 4 aromatic rings. The van der Waals surface area contributed by atoms with Gasteiger partial charge in [0.1, 0.15) is 18.1 Å². The van der Waals surface area contributed by atoms with Crippen LogP contribution in [0.5, 0.6) is 0 Å². The highest BCUT2D eigenvalue weighted by atomic mass is 127. The number of amides is 2. The number of halogens is 4. The van der Waals surface area contributed by atoms with Crippen LogP contribution in [-0.4, -0.2) is 109 Å². The molecule has 0 bridgehead atoms. The van der Waals surface area contributed by atoms with E-state index in [0.29, 0.717) is 45.8 Å². The molecule has 63 heavy (non-hydrogen) atoms. The molecule has 2 aliphatic heterocycles. The number of thiophene rings is 2. The maximum atomic E-state index is 12.6. The Morgan fingerprint density at radius 2 is 1.16 bits per heavy atom. The highest BCUT2D eigenvalue weighted by Gasteiger charge is 2.35. The Labute approximate surface area is 430 Å². The standard InChI is InChI=1S/C22H27ClN2O2S.C21H25ClN2O2S.CH3I.B3.B2.HI/c1-14(2)12-25(3)9-8-18-20(13-25)28-19(21(18)22(24)27)11-17(26)10-15-4-6-16(23)7-5-15;1-13(2)11-24-8-7-17-19(12-24)27-18(20(17)21(23)26)10-16(25)9-14-3-5-15(22)6-4-14;1-2;1-3-2;1-2;/h4-7,14H,8-13H2,1-3H3,(H-,24,27);3-6,13H,7-12H2,1-2H3,(H2,23,26);1H3;;;1H.